The topological polar surface area (TPSA) is 83.5 Å². The number of aliphatic hydroxyl groups excluding tert-OH is 1. The maximum Gasteiger partial charge on any atom is 0.338 e. The third-order valence-corrected chi connectivity index (χ3v) is 6.83. The van der Waals surface area contributed by atoms with E-state index in [9.17, 15) is 9.90 Å². The minimum atomic E-state index is -1.45. The van der Waals surface area contributed by atoms with Crippen LogP contribution in [0.3, 0.4) is 0 Å². The first-order valence-corrected chi connectivity index (χ1v) is 13.7. The molecule has 0 spiro atoms. The van der Waals surface area contributed by atoms with Gasteiger partial charge < -0.3 is 28.8 Å². The molecule has 0 saturated carbocycles. The molecule has 4 aromatic rings. The Morgan fingerprint density at radius 2 is 1.07 bits per heavy atom. The zero-order chi connectivity index (χ0) is 28.3. The fourth-order valence-electron chi connectivity index (χ4n) is 4.71. The van der Waals surface area contributed by atoms with Gasteiger partial charge in [-0.3, -0.25) is 0 Å². The lowest BCUT2D eigenvalue weighted by Crippen LogP contribution is -2.61. The van der Waals surface area contributed by atoms with Crippen LogP contribution in [0.5, 0.6) is 0 Å². The van der Waals surface area contributed by atoms with Gasteiger partial charge in [-0.2, -0.15) is 0 Å². The molecule has 4 aromatic carbocycles. The van der Waals surface area contributed by atoms with Crippen LogP contribution < -0.4 is 0 Å². The SMILES string of the molecule is O=C(O[C@@H]1C(O)O[C@H](COCc2ccccc2)[C@@H](OCc2ccccc2)[C@@H]1OCc1ccccc1)c1ccccc1. The average Bonchev–Trinajstić information content (AvgIpc) is 3.02. The van der Waals surface area contributed by atoms with Gasteiger partial charge in [-0.25, -0.2) is 4.79 Å². The van der Waals surface area contributed by atoms with E-state index in [4.69, 9.17) is 23.7 Å². The Morgan fingerprint density at radius 3 is 1.61 bits per heavy atom. The van der Waals surface area contributed by atoms with Crippen molar-refractivity contribution in [3.63, 3.8) is 0 Å². The van der Waals surface area contributed by atoms with Gasteiger partial charge in [0.2, 0.25) is 0 Å². The Morgan fingerprint density at radius 1 is 0.610 bits per heavy atom. The van der Waals surface area contributed by atoms with Gasteiger partial charge in [-0.15, -0.1) is 0 Å². The first kappa shape index (κ1) is 28.7. The highest BCUT2D eigenvalue weighted by Gasteiger charge is 2.49. The standard InChI is InChI=1S/C34H34O7/c35-33(28-19-11-4-12-20-28)41-32-31(39-23-27-17-9-3-10-18-27)30(38-22-26-15-7-2-8-16-26)29(40-34(32)36)24-37-21-25-13-5-1-6-14-25/h1-20,29-32,34,36H,21-24H2/t29-,30-,31+,32+,34?/m1/s1. The second-order valence-electron chi connectivity index (χ2n) is 9.82. The first-order valence-electron chi connectivity index (χ1n) is 13.7. The van der Waals surface area contributed by atoms with E-state index < -0.39 is 36.7 Å². The van der Waals surface area contributed by atoms with Gasteiger partial charge in [0.15, 0.2) is 12.4 Å². The molecular formula is C34H34O7. The molecule has 1 saturated heterocycles. The molecule has 0 amide bonds. The molecule has 1 fully saturated rings. The molecule has 0 bridgehead atoms. The summed E-state index contributed by atoms with van der Waals surface area (Å²) in [5, 5.41) is 11.1. The summed E-state index contributed by atoms with van der Waals surface area (Å²) >= 11 is 0. The Bertz CT molecular complexity index is 1320. The van der Waals surface area contributed by atoms with Gasteiger partial charge in [-0.05, 0) is 28.8 Å². The van der Waals surface area contributed by atoms with Crippen molar-refractivity contribution in [2.24, 2.45) is 0 Å². The summed E-state index contributed by atoms with van der Waals surface area (Å²) in [5.41, 5.74) is 3.26. The molecule has 1 unspecified atom stereocenters. The van der Waals surface area contributed by atoms with E-state index in [1.165, 1.54) is 0 Å². The van der Waals surface area contributed by atoms with Crippen LogP contribution in [0.1, 0.15) is 27.0 Å². The molecule has 1 aliphatic rings. The summed E-state index contributed by atoms with van der Waals surface area (Å²) in [6, 6.07) is 37.8. The van der Waals surface area contributed by atoms with Crippen molar-refractivity contribution >= 4 is 5.97 Å². The van der Waals surface area contributed by atoms with Crippen LogP contribution >= 0.6 is 0 Å². The van der Waals surface area contributed by atoms with Crippen molar-refractivity contribution in [3.8, 4) is 0 Å². The Labute approximate surface area is 240 Å². The number of hydrogen-bond acceptors (Lipinski definition) is 7. The predicted molar refractivity (Wildman–Crippen MR) is 153 cm³/mol. The third kappa shape index (κ3) is 8.10. The molecule has 0 radical (unpaired) electrons. The van der Waals surface area contributed by atoms with Crippen molar-refractivity contribution in [3.05, 3.63) is 144 Å². The highest BCUT2D eigenvalue weighted by Crippen LogP contribution is 2.30. The number of rotatable bonds is 12. The number of ether oxygens (including phenoxy) is 5. The van der Waals surface area contributed by atoms with Gasteiger partial charge in [0.05, 0.1) is 32.0 Å². The number of hydrogen-bond donors (Lipinski definition) is 1. The number of carbonyl (C=O) groups is 1. The van der Waals surface area contributed by atoms with Crippen LogP contribution in [0.4, 0.5) is 0 Å². The highest BCUT2D eigenvalue weighted by atomic mass is 16.7. The third-order valence-electron chi connectivity index (χ3n) is 6.83. The van der Waals surface area contributed by atoms with E-state index in [2.05, 4.69) is 0 Å². The summed E-state index contributed by atoms with van der Waals surface area (Å²) < 4.78 is 30.7. The van der Waals surface area contributed by atoms with E-state index in [1.807, 2.05) is 97.1 Å². The van der Waals surface area contributed by atoms with Crippen molar-refractivity contribution in [2.45, 2.75) is 50.5 Å². The second kappa shape index (κ2) is 14.7. The van der Waals surface area contributed by atoms with Crippen molar-refractivity contribution in [2.75, 3.05) is 6.61 Å². The lowest BCUT2D eigenvalue weighted by Gasteiger charge is -2.44. The van der Waals surface area contributed by atoms with Crippen LogP contribution in [0.2, 0.25) is 0 Å². The number of aliphatic hydroxyl groups is 1. The Hall–Kier alpha value is -3.85. The van der Waals surface area contributed by atoms with Crippen LogP contribution in [0, 0.1) is 0 Å². The van der Waals surface area contributed by atoms with Gasteiger partial charge in [0.1, 0.15) is 18.3 Å². The monoisotopic (exact) mass is 554 g/mol. The van der Waals surface area contributed by atoms with Crippen molar-refractivity contribution < 1.29 is 33.6 Å². The minimum Gasteiger partial charge on any atom is -0.450 e. The quantitative estimate of drug-likeness (QED) is 0.238. The second-order valence-corrected chi connectivity index (χ2v) is 9.82. The van der Waals surface area contributed by atoms with Crippen LogP contribution in [-0.2, 0) is 43.5 Å². The first-order chi connectivity index (χ1) is 20.2. The summed E-state index contributed by atoms with van der Waals surface area (Å²) in [6.07, 6.45) is -4.85. The van der Waals surface area contributed by atoms with E-state index in [0.29, 0.717) is 12.2 Å². The molecule has 1 aliphatic heterocycles. The van der Waals surface area contributed by atoms with E-state index in [1.54, 1.807) is 24.3 Å². The van der Waals surface area contributed by atoms with Gasteiger partial charge in [-0.1, -0.05) is 109 Å². The largest absolute Gasteiger partial charge is 0.450 e. The molecule has 7 nitrogen and oxygen atoms in total. The van der Waals surface area contributed by atoms with Crippen molar-refractivity contribution in [1.82, 2.24) is 0 Å². The molecule has 0 aromatic heterocycles. The normalized spacial score (nSPS) is 22.2. The summed E-state index contributed by atoms with van der Waals surface area (Å²) in [6.45, 7) is 0.991. The smallest absolute Gasteiger partial charge is 0.338 e. The maximum absolute atomic E-state index is 13.1. The molecule has 5 rings (SSSR count). The number of esters is 1. The lowest BCUT2D eigenvalue weighted by molar-refractivity contribution is -0.306. The summed E-state index contributed by atoms with van der Waals surface area (Å²) in [5.74, 6) is -0.591. The Balaban J connectivity index is 1.39. The zero-order valence-electron chi connectivity index (χ0n) is 22.7. The molecule has 0 aliphatic carbocycles. The summed E-state index contributed by atoms with van der Waals surface area (Å²) in [7, 11) is 0. The fraction of sp³-hybridized carbons (Fsp3) is 0.265. The summed E-state index contributed by atoms with van der Waals surface area (Å²) in [4.78, 5) is 13.1. The van der Waals surface area contributed by atoms with Crippen LogP contribution in [-0.4, -0.2) is 48.4 Å². The van der Waals surface area contributed by atoms with Gasteiger partial charge in [0, 0.05) is 0 Å². The number of carbonyl (C=O) groups excluding carboxylic acids is 1. The molecule has 7 heteroatoms. The molecule has 1 N–H and O–H groups in total. The predicted octanol–water partition coefficient (Wildman–Crippen LogP) is 5.32. The maximum atomic E-state index is 13.1. The van der Waals surface area contributed by atoms with E-state index >= 15 is 0 Å². The molecule has 41 heavy (non-hydrogen) atoms. The van der Waals surface area contributed by atoms with Crippen molar-refractivity contribution in [1.29, 1.82) is 0 Å². The molecule has 212 valence electrons. The molecule has 1 heterocycles. The zero-order valence-corrected chi connectivity index (χ0v) is 22.7. The lowest BCUT2D eigenvalue weighted by atomic mass is 9.98. The van der Waals surface area contributed by atoms with E-state index in [-0.39, 0.29) is 19.8 Å². The molecule has 5 atom stereocenters. The Kier molecular flexibility index (Phi) is 10.3. The number of benzene rings is 4. The van der Waals surface area contributed by atoms with Crippen LogP contribution in [0.15, 0.2) is 121 Å². The fourth-order valence-corrected chi connectivity index (χ4v) is 4.71. The molecular weight excluding hydrogens is 520 g/mol. The van der Waals surface area contributed by atoms with E-state index in [0.717, 1.165) is 16.7 Å². The van der Waals surface area contributed by atoms with Crippen LogP contribution in [0.25, 0.3) is 0 Å². The van der Waals surface area contributed by atoms with Gasteiger partial charge >= 0.3 is 5.97 Å². The minimum absolute atomic E-state index is 0.135. The highest BCUT2D eigenvalue weighted by molar-refractivity contribution is 5.89. The average molecular weight is 555 g/mol. The van der Waals surface area contributed by atoms with Gasteiger partial charge in [0.25, 0.3) is 0 Å².